The molecule has 0 aromatic rings. The molecule has 0 radical (unpaired) electrons. The van der Waals surface area contributed by atoms with Gasteiger partial charge in [-0.15, -0.1) is 0 Å². The van der Waals surface area contributed by atoms with Crippen molar-refractivity contribution in [2.45, 2.75) is 32.8 Å². The minimum absolute atomic E-state index is 0.296. The Labute approximate surface area is 120 Å². The summed E-state index contributed by atoms with van der Waals surface area (Å²) in [5, 5.41) is 0. The molecule has 108 valence electrons. The molecule has 1 amide bonds. The van der Waals surface area contributed by atoms with Crippen LogP contribution in [0.5, 0.6) is 0 Å². The largest absolute Gasteiger partial charge is 0.628 e. The van der Waals surface area contributed by atoms with E-state index < -0.39 is 12.7 Å². The van der Waals surface area contributed by atoms with Gasteiger partial charge in [0, 0.05) is 13.1 Å². The second-order valence-corrected chi connectivity index (χ2v) is 5.87. The molecule has 1 saturated heterocycles. The molecule has 0 N–H and O–H groups in total. The number of rotatable bonds is 1. The molecule has 6 heteroatoms. The quantitative estimate of drug-likeness (QED) is 0.691. The molecule has 2 heterocycles. The van der Waals surface area contributed by atoms with Gasteiger partial charge in [0.15, 0.2) is 0 Å². The molecule has 0 aromatic carbocycles. The summed E-state index contributed by atoms with van der Waals surface area (Å²) >= 11 is 0. The summed E-state index contributed by atoms with van der Waals surface area (Å²) in [7, 11) is -0.448. The lowest BCUT2D eigenvalue weighted by molar-refractivity contribution is 0.0266. The minimum Gasteiger partial charge on any atom is -0.520 e. The van der Waals surface area contributed by atoms with Crippen LogP contribution in [0, 0.1) is 0 Å². The summed E-state index contributed by atoms with van der Waals surface area (Å²) in [6.07, 6.45) is 2.32. The molecule has 0 unspecified atom stereocenters. The summed E-state index contributed by atoms with van der Waals surface area (Å²) < 4.78 is 16.3. The fourth-order valence-electron chi connectivity index (χ4n) is 1.96. The van der Waals surface area contributed by atoms with E-state index in [1.807, 2.05) is 26.8 Å². The predicted molar refractivity (Wildman–Crippen MR) is 76.7 cm³/mol. The van der Waals surface area contributed by atoms with Gasteiger partial charge in [-0.25, -0.2) is 4.79 Å². The van der Waals surface area contributed by atoms with E-state index in [4.69, 9.17) is 14.0 Å². The van der Waals surface area contributed by atoms with Crippen LogP contribution in [-0.4, -0.2) is 36.8 Å². The second-order valence-electron chi connectivity index (χ2n) is 5.87. The van der Waals surface area contributed by atoms with Crippen molar-refractivity contribution in [3.05, 3.63) is 36.2 Å². The van der Waals surface area contributed by atoms with Crippen LogP contribution in [0.1, 0.15) is 27.2 Å². The van der Waals surface area contributed by atoms with E-state index in [0.717, 1.165) is 5.47 Å². The van der Waals surface area contributed by atoms with Gasteiger partial charge >= 0.3 is 13.2 Å². The van der Waals surface area contributed by atoms with E-state index in [2.05, 4.69) is 13.2 Å². The zero-order valence-electron chi connectivity index (χ0n) is 12.3. The van der Waals surface area contributed by atoms with E-state index >= 15 is 0 Å². The number of carbonyl (C=O) groups excluding carboxylic acids is 1. The standard InChI is InChI=1S/C14H20BNO4/c1-10-11(2)20-15(19-10)12-6-8-16(9-7-12)13(17)18-14(3,4)5/h6H,1-2,7-9H2,3-5H3. The Balaban J connectivity index is 1.92. The summed E-state index contributed by atoms with van der Waals surface area (Å²) in [6.45, 7) is 14.1. The van der Waals surface area contributed by atoms with Crippen molar-refractivity contribution in [1.82, 2.24) is 4.90 Å². The van der Waals surface area contributed by atoms with Crippen LogP contribution in [0.25, 0.3) is 0 Å². The van der Waals surface area contributed by atoms with Crippen LogP contribution < -0.4 is 0 Å². The monoisotopic (exact) mass is 277 g/mol. The highest BCUT2D eigenvalue weighted by Gasteiger charge is 2.38. The van der Waals surface area contributed by atoms with Gasteiger partial charge in [-0.2, -0.15) is 0 Å². The van der Waals surface area contributed by atoms with Crippen LogP contribution in [0.4, 0.5) is 4.79 Å². The number of hydrogen-bond acceptors (Lipinski definition) is 4. The average Bonchev–Trinajstić information content (AvgIpc) is 2.68. The van der Waals surface area contributed by atoms with Crippen LogP contribution in [0.2, 0.25) is 0 Å². The normalized spacial score (nSPS) is 19.4. The van der Waals surface area contributed by atoms with Gasteiger partial charge in [0.2, 0.25) is 0 Å². The topological polar surface area (TPSA) is 48.0 Å². The number of carbonyl (C=O) groups is 1. The molecule has 0 atom stereocenters. The molecule has 5 nitrogen and oxygen atoms in total. The first-order chi connectivity index (χ1) is 9.26. The van der Waals surface area contributed by atoms with E-state index in [9.17, 15) is 4.79 Å². The van der Waals surface area contributed by atoms with Crippen LogP contribution in [0.15, 0.2) is 36.2 Å². The smallest absolute Gasteiger partial charge is 0.520 e. The highest BCUT2D eigenvalue weighted by molar-refractivity contribution is 6.55. The molecule has 0 spiro atoms. The lowest BCUT2D eigenvalue weighted by Crippen LogP contribution is -2.40. The number of ether oxygens (including phenoxy) is 1. The summed E-state index contributed by atoms with van der Waals surface area (Å²) in [4.78, 5) is 13.6. The van der Waals surface area contributed by atoms with Crippen LogP contribution in [0.3, 0.4) is 0 Å². The molecule has 2 aliphatic heterocycles. The fourth-order valence-corrected chi connectivity index (χ4v) is 1.96. The third-order valence-electron chi connectivity index (χ3n) is 3.01. The fraction of sp³-hybridized carbons (Fsp3) is 0.500. The van der Waals surface area contributed by atoms with Gasteiger partial charge in [0.1, 0.15) is 17.1 Å². The molecular weight excluding hydrogens is 257 g/mol. The molecule has 0 aromatic heterocycles. The molecule has 0 bridgehead atoms. The highest BCUT2D eigenvalue weighted by atomic mass is 16.6. The van der Waals surface area contributed by atoms with Crippen molar-refractivity contribution >= 4 is 13.2 Å². The first kappa shape index (κ1) is 14.6. The predicted octanol–water partition coefficient (Wildman–Crippen LogP) is 2.66. The van der Waals surface area contributed by atoms with Crippen molar-refractivity contribution in [1.29, 1.82) is 0 Å². The van der Waals surface area contributed by atoms with Gasteiger partial charge < -0.3 is 18.9 Å². The first-order valence-electron chi connectivity index (χ1n) is 6.64. The number of amides is 1. The maximum atomic E-state index is 11.9. The molecule has 2 rings (SSSR count). The van der Waals surface area contributed by atoms with Crippen molar-refractivity contribution in [3.63, 3.8) is 0 Å². The number of nitrogens with zero attached hydrogens (tertiary/aromatic N) is 1. The minimum atomic E-state index is -0.478. The third-order valence-corrected chi connectivity index (χ3v) is 3.01. The van der Waals surface area contributed by atoms with E-state index in [0.29, 0.717) is 31.0 Å². The Morgan fingerprint density at radius 2 is 1.95 bits per heavy atom. The van der Waals surface area contributed by atoms with E-state index in [1.54, 1.807) is 4.90 Å². The summed E-state index contributed by atoms with van der Waals surface area (Å²) in [5.41, 5.74) is 0.526. The van der Waals surface area contributed by atoms with Gasteiger partial charge in [-0.1, -0.05) is 19.2 Å². The molecule has 0 aliphatic carbocycles. The zero-order valence-corrected chi connectivity index (χ0v) is 12.3. The van der Waals surface area contributed by atoms with Crippen molar-refractivity contribution < 1.29 is 18.8 Å². The lowest BCUT2D eigenvalue weighted by atomic mass is 9.75. The Hall–Kier alpha value is -1.85. The second kappa shape index (κ2) is 5.27. The van der Waals surface area contributed by atoms with Crippen molar-refractivity contribution in [2.24, 2.45) is 0 Å². The Morgan fingerprint density at radius 1 is 1.35 bits per heavy atom. The zero-order chi connectivity index (χ0) is 14.9. The molecule has 0 saturated carbocycles. The van der Waals surface area contributed by atoms with Gasteiger partial charge in [0.05, 0.1) is 0 Å². The number of hydrogen-bond donors (Lipinski definition) is 0. The SMILES string of the molecule is C=C1OB(C2=CCN(C(=O)OC(C)(C)C)CC2)OC1=C. The Morgan fingerprint density at radius 3 is 2.40 bits per heavy atom. The molecular formula is C14H20BNO4. The lowest BCUT2D eigenvalue weighted by Gasteiger charge is -2.29. The van der Waals surface area contributed by atoms with Crippen LogP contribution >= 0.6 is 0 Å². The van der Waals surface area contributed by atoms with Gasteiger partial charge in [-0.3, -0.25) is 0 Å². The Bertz CT molecular complexity index is 462. The Kier molecular flexibility index (Phi) is 3.83. The third kappa shape index (κ3) is 3.38. The van der Waals surface area contributed by atoms with E-state index in [1.165, 1.54) is 0 Å². The average molecular weight is 277 g/mol. The maximum absolute atomic E-state index is 11.9. The van der Waals surface area contributed by atoms with Gasteiger partial charge in [0.25, 0.3) is 0 Å². The highest BCUT2D eigenvalue weighted by Crippen LogP contribution is 2.27. The maximum Gasteiger partial charge on any atom is 0.628 e. The van der Waals surface area contributed by atoms with E-state index in [-0.39, 0.29) is 6.09 Å². The molecule has 2 aliphatic rings. The van der Waals surface area contributed by atoms with Crippen molar-refractivity contribution in [2.75, 3.05) is 13.1 Å². The molecule has 20 heavy (non-hydrogen) atoms. The van der Waals surface area contributed by atoms with Crippen molar-refractivity contribution in [3.8, 4) is 0 Å². The summed E-state index contributed by atoms with van der Waals surface area (Å²) in [6, 6.07) is 0. The first-order valence-corrected chi connectivity index (χ1v) is 6.64. The summed E-state index contributed by atoms with van der Waals surface area (Å²) in [5.74, 6) is 0.927. The van der Waals surface area contributed by atoms with Gasteiger partial charge in [-0.05, 0) is 32.7 Å². The molecule has 1 fully saturated rings. The van der Waals surface area contributed by atoms with Crippen LogP contribution in [-0.2, 0) is 14.0 Å².